The van der Waals surface area contributed by atoms with Crippen molar-refractivity contribution in [3.05, 3.63) is 52.7 Å². The average molecular weight is 277 g/mol. The molecule has 2 rings (SSSR count). The Kier molecular flexibility index (Phi) is 3.87. The highest BCUT2D eigenvalue weighted by molar-refractivity contribution is 6.29. The summed E-state index contributed by atoms with van der Waals surface area (Å²) in [5.74, 6) is -0.180. The second-order valence-electron chi connectivity index (χ2n) is 3.99. The number of hydrogen-bond acceptors (Lipinski definition) is 4. The van der Waals surface area contributed by atoms with Crippen molar-refractivity contribution in [1.29, 1.82) is 0 Å². The minimum absolute atomic E-state index is 0.113. The fourth-order valence-corrected chi connectivity index (χ4v) is 1.71. The van der Waals surface area contributed by atoms with Gasteiger partial charge in [-0.3, -0.25) is 4.79 Å². The van der Waals surface area contributed by atoms with E-state index >= 15 is 0 Å². The summed E-state index contributed by atoms with van der Waals surface area (Å²) < 4.78 is 0. The molecule has 5 N–H and O–H groups in total. The van der Waals surface area contributed by atoms with E-state index in [-0.39, 0.29) is 16.9 Å². The van der Waals surface area contributed by atoms with Crippen molar-refractivity contribution < 1.29 is 4.79 Å². The maximum atomic E-state index is 11.9. The summed E-state index contributed by atoms with van der Waals surface area (Å²) >= 11 is 5.67. The molecule has 1 aromatic carbocycles. The van der Waals surface area contributed by atoms with Crippen LogP contribution in [-0.4, -0.2) is 10.9 Å². The number of amides is 1. The van der Waals surface area contributed by atoms with Gasteiger partial charge in [-0.05, 0) is 29.8 Å². The second-order valence-corrected chi connectivity index (χ2v) is 4.38. The zero-order chi connectivity index (χ0) is 13.8. The highest BCUT2D eigenvalue weighted by atomic mass is 35.5. The highest BCUT2D eigenvalue weighted by Crippen LogP contribution is 2.13. The van der Waals surface area contributed by atoms with Crippen LogP contribution < -0.4 is 16.8 Å². The molecule has 1 amide bonds. The lowest BCUT2D eigenvalue weighted by Crippen LogP contribution is -2.24. The largest absolute Gasteiger partial charge is 0.399 e. The maximum absolute atomic E-state index is 11.9. The van der Waals surface area contributed by atoms with Gasteiger partial charge in [-0.2, -0.15) is 0 Å². The quantitative estimate of drug-likeness (QED) is 0.589. The first-order valence-electron chi connectivity index (χ1n) is 5.61. The summed E-state index contributed by atoms with van der Waals surface area (Å²) in [6.07, 6.45) is 0. The average Bonchev–Trinajstić information content (AvgIpc) is 2.37. The molecule has 0 radical (unpaired) electrons. The third-order valence-corrected chi connectivity index (χ3v) is 2.78. The number of benzene rings is 1. The van der Waals surface area contributed by atoms with Crippen LogP contribution in [0.4, 0.5) is 11.5 Å². The lowest BCUT2D eigenvalue weighted by Gasteiger charge is -2.07. The van der Waals surface area contributed by atoms with Crippen molar-refractivity contribution in [2.24, 2.45) is 0 Å². The topological polar surface area (TPSA) is 94.0 Å². The van der Waals surface area contributed by atoms with Gasteiger partial charge in [-0.1, -0.05) is 23.7 Å². The Morgan fingerprint density at radius 3 is 2.47 bits per heavy atom. The molecule has 0 spiro atoms. The van der Waals surface area contributed by atoms with E-state index in [0.717, 1.165) is 5.56 Å². The highest BCUT2D eigenvalue weighted by Gasteiger charge is 2.10. The number of anilines is 2. The molecule has 0 aliphatic carbocycles. The molecule has 0 aliphatic rings. The molecule has 0 fully saturated rings. The number of carbonyl (C=O) groups is 1. The predicted molar refractivity (Wildman–Crippen MR) is 75.7 cm³/mol. The van der Waals surface area contributed by atoms with Crippen LogP contribution in [0, 0.1) is 0 Å². The standard InChI is InChI=1S/C13H13ClN4O/c14-11-6-5-10(12(16)18-11)13(19)17-7-8-1-3-9(15)4-2-8/h1-6H,7,15H2,(H2,16,18)(H,17,19). The fourth-order valence-electron chi connectivity index (χ4n) is 1.56. The van der Waals surface area contributed by atoms with E-state index in [4.69, 9.17) is 23.1 Å². The van der Waals surface area contributed by atoms with Crippen LogP contribution in [0.5, 0.6) is 0 Å². The van der Waals surface area contributed by atoms with E-state index in [1.807, 2.05) is 12.1 Å². The smallest absolute Gasteiger partial charge is 0.255 e. The van der Waals surface area contributed by atoms with Crippen LogP contribution in [0.2, 0.25) is 5.15 Å². The summed E-state index contributed by atoms with van der Waals surface area (Å²) in [5, 5.41) is 3.01. The van der Waals surface area contributed by atoms with E-state index in [1.54, 1.807) is 18.2 Å². The zero-order valence-corrected chi connectivity index (χ0v) is 10.8. The van der Waals surface area contributed by atoms with Crippen LogP contribution in [0.25, 0.3) is 0 Å². The van der Waals surface area contributed by atoms with E-state index < -0.39 is 0 Å². The third-order valence-electron chi connectivity index (χ3n) is 2.57. The number of aromatic nitrogens is 1. The van der Waals surface area contributed by atoms with Gasteiger partial charge in [0.25, 0.3) is 5.91 Å². The van der Waals surface area contributed by atoms with Crippen molar-refractivity contribution in [1.82, 2.24) is 10.3 Å². The Balaban J connectivity index is 2.03. The molecule has 19 heavy (non-hydrogen) atoms. The van der Waals surface area contributed by atoms with E-state index in [1.165, 1.54) is 6.07 Å². The second kappa shape index (κ2) is 5.58. The van der Waals surface area contributed by atoms with Gasteiger partial charge in [0, 0.05) is 12.2 Å². The van der Waals surface area contributed by atoms with Gasteiger partial charge in [0.2, 0.25) is 0 Å². The first-order chi connectivity index (χ1) is 9.06. The van der Waals surface area contributed by atoms with E-state index in [0.29, 0.717) is 17.8 Å². The summed E-state index contributed by atoms with van der Waals surface area (Å²) in [4.78, 5) is 15.7. The zero-order valence-electron chi connectivity index (χ0n) is 10.1. The summed E-state index contributed by atoms with van der Waals surface area (Å²) in [5.41, 5.74) is 13.2. The molecule has 0 atom stereocenters. The minimum Gasteiger partial charge on any atom is -0.399 e. The number of nitrogens with zero attached hydrogens (tertiary/aromatic N) is 1. The molecular formula is C13H13ClN4O. The Morgan fingerprint density at radius 2 is 1.84 bits per heavy atom. The van der Waals surface area contributed by atoms with Crippen LogP contribution in [0.1, 0.15) is 15.9 Å². The van der Waals surface area contributed by atoms with Crippen molar-refractivity contribution >= 4 is 29.0 Å². The van der Waals surface area contributed by atoms with Gasteiger partial charge in [0.05, 0.1) is 5.56 Å². The van der Waals surface area contributed by atoms with Crippen LogP contribution >= 0.6 is 11.6 Å². The molecule has 0 saturated heterocycles. The minimum atomic E-state index is -0.293. The number of halogens is 1. The maximum Gasteiger partial charge on any atom is 0.255 e. The molecule has 0 aliphatic heterocycles. The fraction of sp³-hybridized carbons (Fsp3) is 0.0769. The first-order valence-corrected chi connectivity index (χ1v) is 5.98. The van der Waals surface area contributed by atoms with Gasteiger partial charge < -0.3 is 16.8 Å². The molecule has 1 aromatic heterocycles. The van der Waals surface area contributed by atoms with Gasteiger partial charge in [0.1, 0.15) is 11.0 Å². The Morgan fingerprint density at radius 1 is 1.16 bits per heavy atom. The van der Waals surface area contributed by atoms with E-state index in [9.17, 15) is 4.79 Å². The molecule has 6 heteroatoms. The Bertz CT molecular complexity index is 598. The number of rotatable bonds is 3. The lowest BCUT2D eigenvalue weighted by atomic mass is 10.2. The molecule has 0 unspecified atom stereocenters. The number of hydrogen-bond donors (Lipinski definition) is 3. The van der Waals surface area contributed by atoms with Gasteiger partial charge in [0.15, 0.2) is 0 Å². The predicted octanol–water partition coefficient (Wildman–Crippen LogP) is 1.83. The SMILES string of the molecule is Nc1ccc(CNC(=O)c2ccc(Cl)nc2N)cc1. The number of carbonyl (C=O) groups excluding carboxylic acids is 1. The van der Waals surface area contributed by atoms with E-state index in [2.05, 4.69) is 10.3 Å². The molecule has 5 nitrogen and oxygen atoms in total. The van der Waals surface area contributed by atoms with Crippen LogP contribution in [0.15, 0.2) is 36.4 Å². The number of nitrogens with one attached hydrogen (secondary N) is 1. The Labute approximate surface area is 115 Å². The van der Waals surface area contributed by atoms with Gasteiger partial charge in [-0.25, -0.2) is 4.98 Å². The van der Waals surface area contributed by atoms with Crippen molar-refractivity contribution in [3.8, 4) is 0 Å². The third kappa shape index (κ3) is 3.35. The van der Waals surface area contributed by atoms with Gasteiger partial charge in [-0.15, -0.1) is 0 Å². The number of nitrogens with two attached hydrogens (primary N) is 2. The first kappa shape index (κ1) is 13.2. The van der Waals surface area contributed by atoms with Gasteiger partial charge >= 0.3 is 0 Å². The van der Waals surface area contributed by atoms with Crippen LogP contribution in [0.3, 0.4) is 0 Å². The molecule has 0 bridgehead atoms. The molecule has 0 saturated carbocycles. The number of nitrogen functional groups attached to an aromatic ring is 2. The summed E-state index contributed by atoms with van der Waals surface area (Å²) in [6, 6.07) is 10.3. The summed E-state index contributed by atoms with van der Waals surface area (Å²) in [7, 11) is 0. The molecule has 2 aromatic rings. The number of pyridine rings is 1. The Hall–Kier alpha value is -2.27. The molecule has 1 heterocycles. The molecular weight excluding hydrogens is 264 g/mol. The van der Waals surface area contributed by atoms with Crippen molar-refractivity contribution in [3.63, 3.8) is 0 Å². The van der Waals surface area contributed by atoms with Crippen molar-refractivity contribution in [2.45, 2.75) is 6.54 Å². The molecule has 98 valence electrons. The van der Waals surface area contributed by atoms with Crippen molar-refractivity contribution in [2.75, 3.05) is 11.5 Å². The monoisotopic (exact) mass is 276 g/mol. The van der Waals surface area contributed by atoms with Crippen LogP contribution in [-0.2, 0) is 6.54 Å². The lowest BCUT2D eigenvalue weighted by molar-refractivity contribution is 0.0951. The normalized spacial score (nSPS) is 10.2. The summed E-state index contributed by atoms with van der Waals surface area (Å²) in [6.45, 7) is 0.390.